The number of amides is 3. The molecule has 12 nitrogen and oxygen atoms in total. The van der Waals surface area contributed by atoms with E-state index in [1.165, 1.54) is 18.2 Å². The number of hydrogen-bond donors (Lipinski definition) is 3. The molecule has 0 bridgehead atoms. The Bertz CT molecular complexity index is 2390. The fourth-order valence-corrected chi connectivity index (χ4v) is 8.20. The number of H-pyrrole nitrogens is 2. The summed E-state index contributed by atoms with van der Waals surface area (Å²) >= 11 is 0. The average Bonchev–Trinajstić information content (AvgIpc) is 4.01. The van der Waals surface area contributed by atoms with E-state index in [2.05, 4.69) is 74.9 Å². The maximum atomic E-state index is 14.0. The number of aryl methyl sites for hydroxylation is 1. The molecule has 0 spiro atoms. The maximum absolute atomic E-state index is 14.0. The Morgan fingerprint density at radius 1 is 0.786 bits per heavy atom. The minimum atomic E-state index is -0.928. The van der Waals surface area contributed by atoms with Crippen molar-refractivity contribution in [3.8, 4) is 33.6 Å². The topological polar surface area (TPSA) is 146 Å². The van der Waals surface area contributed by atoms with Gasteiger partial charge in [-0.05, 0) is 51.8 Å². The molecule has 9 rings (SSSR count). The van der Waals surface area contributed by atoms with Gasteiger partial charge in [0.05, 0.1) is 55.8 Å². The number of imidazole rings is 2. The van der Waals surface area contributed by atoms with Gasteiger partial charge in [0.2, 0.25) is 5.91 Å². The van der Waals surface area contributed by atoms with Gasteiger partial charge in [-0.3, -0.25) is 9.59 Å². The lowest BCUT2D eigenvalue weighted by Gasteiger charge is -2.36. The molecule has 56 heavy (non-hydrogen) atoms. The van der Waals surface area contributed by atoms with Gasteiger partial charge in [0.15, 0.2) is 0 Å². The Hall–Kier alpha value is -6.53. The molecule has 12 heteroatoms. The molecule has 282 valence electrons. The second-order valence-corrected chi connectivity index (χ2v) is 14.4. The highest BCUT2D eigenvalue weighted by atomic mass is 16.5. The second kappa shape index (κ2) is 15.0. The molecular formula is C44H41N7O5. The quantitative estimate of drug-likeness (QED) is 0.151. The van der Waals surface area contributed by atoms with Crippen molar-refractivity contribution in [1.29, 1.82) is 0 Å². The predicted octanol–water partition coefficient (Wildman–Crippen LogP) is 7.10. The van der Waals surface area contributed by atoms with Crippen LogP contribution in [0.15, 0.2) is 109 Å². The molecular weight excluding hydrogens is 707 g/mol. The number of para-hydroxylation sites is 1. The van der Waals surface area contributed by atoms with Crippen molar-refractivity contribution in [2.75, 3.05) is 31.8 Å². The highest BCUT2D eigenvalue weighted by molar-refractivity contribution is 5.98. The van der Waals surface area contributed by atoms with E-state index in [4.69, 9.17) is 14.5 Å². The fourth-order valence-electron chi connectivity index (χ4n) is 8.20. The van der Waals surface area contributed by atoms with Crippen molar-refractivity contribution in [3.05, 3.63) is 138 Å². The number of methoxy groups -OCH3 is 1. The van der Waals surface area contributed by atoms with Gasteiger partial charge in [0.25, 0.3) is 5.91 Å². The summed E-state index contributed by atoms with van der Waals surface area (Å²) in [5.74, 6) is 1.30. The lowest BCUT2D eigenvalue weighted by atomic mass is 10.0. The number of anilines is 1. The van der Waals surface area contributed by atoms with Crippen molar-refractivity contribution in [3.63, 3.8) is 0 Å². The summed E-state index contributed by atoms with van der Waals surface area (Å²) in [6, 6.07) is 30.6. The number of ether oxygens (including phenoxy) is 2. The number of morpholine rings is 1. The Kier molecular flexibility index (Phi) is 9.40. The third kappa shape index (κ3) is 6.62. The number of carbonyl (C=O) groups is 3. The molecule has 6 aromatic rings. The molecule has 1 fully saturated rings. The van der Waals surface area contributed by atoms with Crippen LogP contribution in [0.1, 0.15) is 59.3 Å². The van der Waals surface area contributed by atoms with E-state index in [-0.39, 0.29) is 24.5 Å². The molecule has 1 saturated heterocycles. The first-order chi connectivity index (χ1) is 27.4. The van der Waals surface area contributed by atoms with Gasteiger partial charge >= 0.3 is 6.09 Å². The first-order valence-electron chi connectivity index (χ1n) is 19.0. The summed E-state index contributed by atoms with van der Waals surface area (Å²) in [6.45, 7) is 0.982. The van der Waals surface area contributed by atoms with Crippen molar-refractivity contribution in [1.82, 2.24) is 30.2 Å². The smallest absolute Gasteiger partial charge is 0.407 e. The van der Waals surface area contributed by atoms with Crippen molar-refractivity contribution < 1.29 is 23.9 Å². The lowest BCUT2D eigenvalue weighted by molar-refractivity contribution is -0.143. The monoisotopic (exact) mass is 747 g/mol. The molecule has 3 N–H and O–H groups in total. The first-order valence-corrected chi connectivity index (χ1v) is 19.0. The predicted molar refractivity (Wildman–Crippen MR) is 210 cm³/mol. The van der Waals surface area contributed by atoms with E-state index >= 15 is 0 Å². The Morgan fingerprint density at radius 3 is 2.07 bits per heavy atom. The molecule has 0 unspecified atom stereocenters. The molecule has 3 aliphatic rings. The number of aromatic nitrogens is 4. The normalized spacial score (nSPS) is 18.3. The zero-order chi connectivity index (χ0) is 38.2. The van der Waals surface area contributed by atoms with Gasteiger partial charge in [0.1, 0.15) is 23.7 Å². The highest BCUT2D eigenvalue weighted by Crippen LogP contribution is 2.44. The van der Waals surface area contributed by atoms with Gasteiger partial charge in [0, 0.05) is 19.4 Å². The third-order valence-corrected chi connectivity index (χ3v) is 11.1. The van der Waals surface area contributed by atoms with Crippen LogP contribution in [0.4, 0.5) is 10.5 Å². The van der Waals surface area contributed by atoms with Crippen LogP contribution >= 0.6 is 0 Å². The summed E-state index contributed by atoms with van der Waals surface area (Å²) in [7, 11) is 1.27. The van der Waals surface area contributed by atoms with Crippen LogP contribution < -0.4 is 10.2 Å². The van der Waals surface area contributed by atoms with Crippen LogP contribution in [0, 0.1) is 0 Å². The number of hydrogen-bond acceptors (Lipinski definition) is 7. The molecule has 5 heterocycles. The molecule has 2 aromatic heterocycles. The number of benzene rings is 4. The molecule has 3 aliphatic heterocycles. The molecule has 3 amide bonds. The van der Waals surface area contributed by atoms with E-state index in [1.807, 2.05) is 41.4 Å². The third-order valence-electron chi connectivity index (χ3n) is 11.1. The number of alkyl carbamates (subject to hydrolysis) is 1. The van der Waals surface area contributed by atoms with E-state index < -0.39 is 18.2 Å². The molecule has 0 radical (unpaired) electrons. The van der Waals surface area contributed by atoms with Crippen molar-refractivity contribution in [2.24, 2.45) is 0 Å². The minimum absolute atomic E-state index is 0.131. The van der Waals surface area contributed by atoms with Crippen LogP contribution in [0.5, 0.6) is 0 Å². The molecule has 0 aliphatic carbocycles. The van der Waals surface area contributed by atoms with Gasteiger partial charge in [-0.2, -0.15) is 0 Å². The largest absolute Gasteiger partial charge is 0.453 e. The van der Waals surface area contributed by atoms with E-state index in [9.17, 15) is 14.4 Å². The lowest BCUT2D eigenvalue weighted by Crippen LogP contribution is -2.49. The summed E-state index contributed by atoms with van der Waals surface area (Å²) in [5.41, 5.74) is 10.0. The summed E-state index contributed by atoms with van der Waals surface area (Å²) in [5, 5.41) is 2.70. The Balaban J connectivity index is 0.889. The molecule has 0 saturated carbocycles. The number of carbonyl (C=O) groups excluding carboxylic acids is 3. The zero-order valence-electron chi connectivity index (χ0n) is 30.9. The van der Waals surface area contributed by atoms with E-state index in [0.29, 0.717) is 31.0 Å². The zero-order valence-corrected chi connectivity index (χ0v) is 30.9. The summed E-state index contributed by atoms with van der Waals surface area (Å²) in [4.78, 5) is 59.5. The number of rotatable bonds is 8. The molecule has 3 atom stereocenters. The van der Waals surface area contributed by atoms with Crippen LogP contribution in [0.3, 0.4) is 0 Å². The van der Waals surface area contributed by atoms with Crippen LogP contribution in [-0.4, -0.2) is 69.6 Å². The van der Waals surface area contributed by atoms with Crippen molar-refractivity contribution in [2.45, 2.75) is 43.8 Å². The summed E-state index contributed by atoms with van der Waals surface area (Å²) < 4.78 is 10.6. The fraction of sp³-hybridized carbons (Fsp3) is 0.250. The van der Waals surface area contributed by atoms with Crippen molar-refractivity contribution >= 4 is 23.6 Å². The standard InChI is InChI=1S/C44H41N7O5/c1-55-44(54)49-39(31-7-3-2-4-8-31)43(53)50-21-22-56-26-37(50)42-46-25-35(48-42)30-19-15-28(16-20-30)27-13-17-29(18-14-27)34-24-45-41(47-34)36-23-33-11-5-9-32-10-6-12-38(52)51(36)40(32)33/h2-5,7-9,11,13-20,24-25,36-37,39H,6,10,12,21-23,26H2,1H3,(H,45,47)(H,46,48)(H,49,54)/t36-,37-,39+/m0/s1. The Labute approximate surface area is 323 Å². The minimum Gasteiger partial charge on any atom is -0.453 e. The average molecular weight is 748 g/mol. The van der Waals surface area contributed by atoms with Crippen LogP contribution in [0.2, 0.25) is 0 Å². The van der Waals surface area contributed by atoms with Crippen LogP contribution in [0.25, 0.3) is 33.6 Å². The maximum Gasteiger partial charge on any atom is 0.407 e. The van der Waals surface area contributed by atoms with Gasteiger partial charge < -0.3 is 34.6 Å². The summed E-state index contributed by atoms with van der Waals surface area (Å²) in [6.07, 6.45) is 6.04. The van der Waals surface area contributed by atoms with Gasteiger partial charge in [-0.1, -0.05) is 97.1 Å². The van der Waals surface area contributed by atoms with Crippen LogP contribution in [-0.2, 0) is 31.9 Å². The number of nitrogens with one attached hydrogen (secondary N) is 3. The SMILES string of the molecule is COC(=O)N[C@@H](C(=O)N1CCOC[C@H]1c1ncc(-c2ccc(-c3ccc(-c4cnc([C@@H]5Cc6cccc7c6N5C(=O)CCC7)[nH]4)cc3)cc2)[nH]1)c1ccccc1. The van der Waals surface area contributed by atoms with Gasteiger partial charge in [-0.25, -0.2) is 14.8 Å². The second-order valence-electron chi connectivity index (χ2n) is 14.4. The van der Waals surface area contributed by atoms with Gasteiger partial charge in [-0.15, -0.1) is 0 Å². The Morgan fingerprint density at radius 2 is 1.41 bits per heavy atom. The highest BCUT2D eigenvalue weighted by Gasteiger charge is 2.39. The number of aromatic amines is 2. The van der Waals surface area contributed by atoms with E-state index in [1.54, 1.807) is 23.2 Å². The first kappa shape index (κ1) is 35.2. The van der Waals surface area contributed by atoms with E-state index in [0.717, 1.165) is 64.4 Å². The molecule has 4 aromatic carbocycles. The number of nitrogens with zero attached hydrogens (tertiary/aromatic N) is 4.